The van der Waals surface area contributed by atoms with Gasteiger partial charge in [0.15, 0.2) is 23.6 Å². The quantitative estimate of drug-likeness (QED) is 0.671. The molecule has 0 radical (unpaired) electrons. The summed E-state index contributed by atoms with van der Waals surface area (Å²) in [4.78, 5) is 24.2. The van der Waals surface area contributed by atoms with Crippen LogP contribution in [-0.4, -0.2) is 18.0 Å². The summed E-state index contributed by atoms with van der Waals surface area (Å²) in [5, 5.41) is 2.06. The van der Waals surface area contributed by atoms with Gasteiger partial charge in [0.1, 0.15) is 0 Å². The van der Waals surface area contributed by atoms with Gasteiger partial charge in [0.2, 0.25) is 0 Å². The molecular weight excluding hydrogens is 335 g/mol. The maximum Gasteiger partial charge on any atom is 0.339 e. The largest absolute Gasteiger partial charge is 0.449 e. The second kappa shape index (κ2) is 7.38. The Morgan fingerprint density at radius 1 is 1.04 bits per heavy atom. The summed E-state index contributed by atoms with van der Waals surface area (Å²) in [6.45, 7) is 4.81. The van der Waals surface area contributed by atoms with Gasteiger partial charge in [0, 0.05) is 0 Å². The summed E-state index contributed by atoms with van der Waals surface area (Å²) in [7, 11) is 0. The molecule has 0 saturated carbocycles. The van der Waals surface area contributed by atoms with Crippen molar-refractivity contribution >= 4 is 17.6 Å². The predicted molar refractivity (Wildman–Crippen MR) is 85.7 cm³/mol. The number of halogens is 3. The zero-order valence-electron chi connectivity index (χ0n) is 13.8. The van der Waals surface area contributed by atoms with Crippen molar-refractivity contribution in [1.82, 2.24) is 0 Å². The Morgan fingerprint density at radius 3 is 2.40 bits per heavy atom. The number of aryl methyl sites for hydroxylation is 2. The molecule has 0 fully saturated rings. The van der Waals surface area contributed by atoms with E-state index in [1.54, 1.807) is 26.0 Å². The monoisotopic (exact) mass is 351 g/mol. The SMILES string of the molecule is Cc1ccc(C)c(C(=O)OC(C)C(=O)Nc2ccc(F)c(F)c2F)c1. The van der Waals surface area contributed by atoms with Crippen molar-refractivity contribution in [2.24, 2.45) is 0 Å². The number of rotatable bonds is 4. The van der Waals surface area contributed by atoms with Crippen molar-refractivity contribution in [1.29, 1.82) is 0 Å². The van der Waals surface area contributed by atoms with Crippen molar-refractivity contribution in [2.75, 3.05) is 5.32 Å². The van der Waals surface area contributed by atoms with Crippen LogP contribution in [0.5, 0.6) is 0 Å². The first-order valence-corrected chi connectivity index (χ1v) is 7.43. The molecule has 2 aromatic carbocycles. The normalized spacial score (nSPS) is 11.8. The third-order valence-corrected chi connectivity index (χ3v) is 3.56. The summed E-state index contributed by atoms with van der Waals surface area (Å²) in [6, 6.07) is 6.75. The van der Waals surface area contributed by atoms with Gasteiger partial charge in [-0.2, -0.15) is 0 Å². The van der Waals surface area contributed by atoms with Crippen LogP contribution in [0.15, 0.2) is 30.3 Å². The minimum absolute atomic E-state index is 0.304. The molecule has 0 heterocycles. The Bertz CT molecular complexity index is 837. The highest BCUT2D eigenvalue weighted by Crippen LogP contribution is 2.20. The number of anilines is 1. The first-order valence-electron chi connectivity index (χ1n) is 7.43. The van der Waals surface area contributed by atoms with Gasteiger partial charge in [-0.05, 0) is 44.5 Å². The molecule has 0 aromatic heterocycles. The standard InChI is InChI=1S/C18H16F3NO3/c1-9-4-5-10(2)12(8-9)18(24)25-11(3)17(23)22-14-7-6-13(19)15(20)16(14)21/h4-8,11H,1-3H3,(H,22,23). The summed E-state index contributed by atoms with van der Waals surface area (Å²) >= 11 is 0. The number of nitrogens with one attached hydrogen (secondary N) is 1. The lowest BCUT2D eigenvalue weighted by molar-refractivity contribution is -0.123. The Kier molecular flexibility index (Phi) is 5.46. The lowest BCUT2D eigenvalue weighted by atomic mass is 10.1. The van der Waals surface area contributed by atoms with E-state index in [1.165, 1.54) is 6.92 Å². The van der Waals surface area contributed by atoms with Crippen molar-refractivity contribution in [2.45, 2.75) is 26.9 Å². The van der Waals surface area contributed by atoms with E-state index in [1.807, 2.05) is 6.07 Å². The summed E-state index contributed by atoms with van der Waals surface area (Å²) < 4.78 is 44.7. The van der Waals surface area contributed by atoms with Crippen LogP contribution in [0.1, 0.15) is 28.4 Å². The van der Waals surface area contributed by atoms with Crippen molar-refractivity contribution in [3.63, 3.8) is 0 Å². The predicted octanol–water partition coefficient (Wildman–Crippen LogP) is 3.90. The molecule has 1 N–H and O–H groups in total. The van der Waals surface area contributed by atoms with Crippen LogP contribution < -0.4 is 5.32 Å². The first-order chi connectivity index (χ1) is 11.7. The van der Waals surface area contributed by atoms with E-state index in [9.17, 15) is 22.8 Å². The van der Waals surface area contributed by atoms with Gasteiger partial charge in [-0.25, -0.2) is 18.0 Å². The number of esters is 1. The Morgan fingerprint density at radius 2 is 1.72 bits per heavy atom. The molecule has 0 spiro atoms. The van der Waals surface area contributed by atoms with E-state index < -0.39 is 41.1 Å². The minimum Gasteiger partial charge on any atom is -0.449 e. The van der Waals surface area contributed by atoms with Gasteiger partial charge in [-0.15, -0.1) is 0 Å². The maximum atomic E-state index is 13.6. The number of hydrogen-bond donors (Lipinski definition) is 1. The number of amides is 1. The van der Waals surface area contributed by atoms with Crippen LogP contribution in [0.4, 0.5) is 18.9 Å². The highest BCUT2D eigenvalue weighted by molar-refractivity contribution is 5.97. The van der Waals surface area contributed by atoms with Gasteiger partial charge in [-0.1, -0.05) is 17.7 Å². The summed E-state index contributed by atoms with van der Waals surface area (Å²) in [5.41, 5.74) is 1.28. The minimum atomic E-state index is -1.70. The Hall–Kier alpha value is -2.83. The van der Waals surface area contributed by atoms with E-state index >= 15 is 0 Å². The number of carbonyl (C=O) groups is 2. The molecule has 0 aliphatic rings. The molecule has 1 unspecified atom stereocenters. The second-order valence-electron chi connectivity index (χ2n) is 5.58. The lowest BCUT2D eigenvalue weighted by Crippen LogP contribution is -2.30. The van der Waals surface area contributed by atoms with Crippen molar-refractivity contribution in [3.05, 3.63) is 64.5 Å². The van der Waals surface area contributed by atoms with E-state index in [0.717, 1.165) is 11.6 Å². The second-order valence-corrected chi connectivity index (χ2v) is 5.58. The van der Waals surface area contributed by atoms with Crippen LogP contribution in [0, 0.1) is 31.3 Å². The fourth-order valence-electron chi connectivity index (χ4n) is 2.09. The molecule has 25 heavy (non-hydrogen) atoms. The molecule has 1 amide bonds. The molecule has 4 nitrogen and oxygen atoms in total. The van der Waals surface area contributed by atoms with Gasteiger partial charge in [-0.3, -0.25) is 4.79 Å². The number of benzene rings is 2. The fraction of sp³-hybridized carbons (Fsp3) is 0.222. The zero-order chi connectivity index (χ0) is 18.7. The van der Waals surface area contributed by atoms with E-state index in [4.69, 9.17) is 4.74 Å². The van der Waals surface area contributed by atoms with Crippen LogP contribution >= 0.6 is 0 Å². The van der Waals surface area contributed by atoms with Crippen LogP contribution in [-0.2, 0) is 9.53 Å². The first kappa shape index (κ1) is 18.5. The van der Waals surface area contributed by atoms with Gasteiger partial charge < -0.3 is 10.1 Å². The molecule has 132 valence electrons. The van der Waals surface area contributed by atoms with Crippen molar-refractivity contribution in [3.8, 4) is 0 Å². The van der Waals surface area contributed by atoms with Gasteiger partial charge >= 0.3 is 5.97 Å². The average Bonchev–Trinajstić information content (AvgIpc) is 2.57. The Balaban J connectivity index is 2.09. The number of ether oxygens (including phenoxy) is 1. The van der Waals surface area contributed by atoms with Crippen LogP contribution in [0.2, 0.25) is 0 Å². The van der Waals surface area contributed by atoms with Crippen LogP contribution in [0.25, 0.3) is 0 Å². The third kappa shape index (κ3) is 4.17. The smallest absolute Gasteiger partial charge is 0.339 e. The van der Waals surface area contributed by atoms with Crippen molar-refractivity contribution < 1.29 is 27.5 Å². The molecule has 1 atom stereocenters. The molecule has 0 saturated heterocycles. The van der Waals surface area contributed by atoms with Gasteiger partial charge in [0.25, 0.3) is 5.91 Å². The lowest BCUT2D eigenvalue weighted by Gasteiger charge is -2.15. The summed E-state index contributed by atoms with van der Waals surface area (Å²) in [5.74, 6) is -6.18. The van der Waals surface area contributed by atoms with Crippen LogP contribution in [0.3, 0.4) is 0 Å². The zero-order valence-corrected chi connectivity index (χ0v) is 13.8. The maximum absolute atomic E-state index is 13.6. The third-order valence-electron chi connectivity index (χ3n) is 3.56. The van der Waals surface area contributed by atoms with E-state index in [-0.39, 0.29) is 0 Å². The average molecular weight is 351 g/mol. The van der Waals surface area contributed by atoms with E-state index in [0.29, 0.717) is 17.2 Å². The summed E-state index contributed by atoms with van der Waals surface area (Å²) in [6.07, 6.45) is -1.26. The molecule has 7 heteroatoms. The van der Waals surface area contributed by atoms with Gasteiger partial charge in [0.05, 0.1) is 11.3 Å². The van der Waals surface area contributed by atoms with E-state index in [2.05, 4.69) is 5.32 Å². The Labute approximate surface area is 142 Å². The highest BCUT2D eigenvalue weighted by atomic mass is 19.2. The molecular formula is C18H16F3NO3. The molecule has 0 aliphatic carbocycles. The fourth-order valence-corrected chi connectivity index (χ4v) is 2.09. The molecule has 0 bridgehead atoms. The highest BCUT2D eigenvalue weighted by Gasteiger charge is 2.22. The molecule has 2 aromatic rings. The number of hydrogen-bond acceptors (Lipinski definition) is 3. The molecule has 0 aliphatic heterocycles. The number of carbonyl (C=O) groups excluding carboxylic acids is 2. The topological polar surface area (TPSA) is 55.4 Å². The molecule has 2 rings (SSSR count).